The lowest BCUT2D eigenvalue weighted by Gasteiger charge is -2.28. The number of halogens is 1. The fourth-order valence-corrected chi connectivity index (χ4v) is 4.01. The Kier molecular flexibility index (Phi) is 4.75. The van der Waals surface area contributed by atoms with E-state index >= 15 is 0 Å². The molecule has 5 rings (SSSR count). The van der Waals surface area contributed by atoms with Crippen molar-refractivity contribution in [3.8, 4) is 16.9 Å². The Hall–Kier alpha value is -3.93. The summed E-state index contributed by atoms with van der Waals surface area (Å²) in [4.78, 5) is 18.6. The molecule has 0 aliphatic carbocycles. The first-order chi connectivity index (χ1) is 15.2. The number of carbonyl (C=O) groups excluding carboxylic acids is 1. The van der Waals surface area contributed by atoms with Crippen LogP contribution in [0.4, 0.5) is 4.39 Å². The van der Waals surface area contributed by atoms with Gasteiger partial charge in [-0.3, -0.25) is 9.79 Å². The van der Waals surface area contributed by atoms with Crippen LogP contribution in [-0.4, -0.2) is 23.7 Å². The maximum atomic E-state index is 14.0. The van der Waals surface area contributed by atoms with Gasteiger partial charge in [-0.15, -0.1) is 0 Å². The number of aliphatic imine (C=N–C) groups is 1. The molecule has 0 amide bonds. The molecule has 0 unspecified atom stereocenters. The summed E-state index contributed by atoms with van der Waals surface area (Å²) < 4.78 is 26.4. The number of ketones is 1. The van der Waals surface area contributed by atoms with Crippen molar-refractivity contribution in [3.63, 3.8) is 0 Å². The number of carbonyl (C=O) groups is 1. The molecule has 0 spiro atoms. The second-order valence-electron chi connectivity index (χ2n) is 7.31. The number of fused-ring (bicyclic) bond motifs is 1. The topological polar surface area (TPSA) is 56.7 Å². The van der Waals surface area contributed by atoms with Crippen LogP contribution in [0.15, 0.2) is 88.6 Å². The zero-order chi connectivity index (χ0) is 21.4. The lowest BCUT2D eigenvalue weighted by Crippen LogP contribution is -2.29. The summed E-state index contributed by atoms with van der Waals surface area (Å²) in [5.74, 6) is 0.779. The van der Waals surface area contributed by atoms with Gasteiger partial charge in [0.25, 0.3) is 0 Å². The number of nitrogens with zero attached hydrogens (tertiary/aromatic N) is 2. The minimum Gasteiger partial charge on any atom is -0.497 e. The first-order valence-corrected chi connectivity index (χ1v) is 9.87. The van der Waals surface area contributed by atoms with Crippen molar-refractivity contribution in [1.29, 1.82) is 0 Å². The van der Waals surface area contributed by atoms with E-state index in [1.807, 2.05) is 29.0 Å². The summed E-state index contributed by atoms with van der Waals surface area (Å²) in [6.45, 7) is 0. The van der Waals surface area contributed by atoms with Gasteiger partial charge in [-0.25, -0.2) is 4.39 Å². The molecule has 1 aliphatic heterocycles. The van der Waals surface area contributed by atoms with E-state index in [0.29, 0.717) is 22.6 Å². The molecule has 0 radical (unpaired) electrons. The largest absolute Gasteiger partial charge is 0.497 e. The molecule has 0 N–H and O–H groups in total. The number of rotatable bonds is 5. The molecule has 0 bridgehead atoms. The van der Waals surface area contributed by atoms with Gasteiger partial charge in [-0.2, -0.15) is 0 Å². The van der Waals surface area contributed by atoms with Crippen LogP contribution in [-0.2, 0) is 0 Å². The highest BCUT2D eigenvalue weighted by Gasteiger charge is 2.37. The van der Waals surface area contributed by atoms with Gasteiger partial charge in [0, 0.05) is 18.0 Å². The van der Waals surface area contributed by atoms with Crippen LogP contribution >= 0.6 is 0 Å². The normalized spacial score (nSPS) is 17.4. The van der Waals surface area contributed by atoms with Crippen molar-refractivity contribution in [2.24, 2.45) is 4.99 Å². The van der Waals surface area contributed by atoms with E-state index in [1.54, 1.807) is 56.0 Å². The van der Waals surface area contributed by atoms with E-state index in [0.717, 1.165) is 11.3 Å². The van der Waals surface area contributed by atoms with Gasteiger partial charge in [-0.05, 0) is 65.7 Å². The summed E-state index contributed by atoms with van der Waals surface area (Å²) in [7, 11) is 1.57. The Labute approximate surface area is 178 Å². The number of hydrogen-bond acceptors (Lipinski definition) is 4. The van der Waals surface area contributed by atoms with Crippen LogP contribution in [0.5, 0.6) is 5.75 Å². The van der Waals surface area contributed by atoms with Crippen LogP contribution in [0.3, 0.4) is 0 Å². The molecule has 0 fully saturated rings. The summed E-state index contributed by atoms with van der Waals surface area (Å²) in [5, 5.41) is 0. The van der Waals surface area contributed by atoms with Gasteiger partial charge in [0.05, 0.1) is 19.1 Å². The van der Waals surface area contributed by atoms with Gasteiger partial charge >= 0.3 is 0 Å². The molecule has 154 valence electrons. The number of benzene rings is 2. The summed E-state index contributed by atoms with van der Waals surface area (Å²) in [6.07, 6.45) is 5.21. The molecular formula is C25H19FN2O3. The van der Waals surface area contributed by atoms with Crippen LogP contribution < -0.4 is 4.74 Å². The van der Waals surface area contributed by atoms with Gasteiger partial charge < -0.3 is 13.7 Å². The second-order valence-corrected chi connectivity index (χ2v) is 7.31. The average Bonchev–Trinajstić information content (AvgIpc) is 3.50. The molecule has 31 heavy (non-hydrogen) atoms. The Bertz CT molecular complexity index is 1260. The van der Waals surface area contributed by atoms with Gasteiger partial charge in [0.15, 0.2) is 5.78 Å². The molecular weight excluding hydrogens is 395 g/mol. The lowest BCUT2D eigenvalue weighted by atomic mass is 9.89. The van der Waals surface area contributed by atoms with Gasteiger partial charge in [0.2, 0.25) is 0 Å². The summed E-state index contributed by atoms with van der Waals surface area (Å²) in [5.41, 5.74) is 2.75. The molecule has 0 saturated carbocycles. The minimum absolute atomic E-state index is 0.113. The smallest absolute Gasteiger partial charge is 0.188 e. The van der Waals surface area contributed by atoms with Crippen molar-refractivity contribution in [3.05, 3.63) is 102 Å². The van der Waals surface area contributed by atoms with Crippen LogP contribution in [0, 0.1) is 5.82 Å². The van der Waals surface area contributed by atoms with E-state index < -0.39 is 12.1 Å². The summed E-state index contributed by atoms with van der Waals surface area (Å²) in [6, 6.07) is 17.7. The fourth-order valence-electron chi connectivity index (χ4n) is 4.01. The SMILES string of the molecule is COc1ccc(C(=O)[C@@H]2[C@@H](c3ccco3)N=Cc3cccn32)c(-c2ccc(F)cc2)c1. The second kappa shape index (κ2) is 7.72. The third-order valence-corrected chi connectivity index (χ3v) is 5.53. The Morgan fingerprint density at radius 3 is 2.68 bits per heavy atom. The third-order valence-electron chi connectivity index (χ3n) is 5.53. The van der Waals surface area contributed by atoms with Gasteiger partial charge in [-0.1, -0.05) is 12.1 Å². The monoisotopic (exact) mass is 414 g/mol. The third kappa shape index (κ3) is 3.36. The van der Waals surface area contributed by atoms with Crippen molar-refractivity contribution in [1.82, 2.24) is 4.57 Å². The van der Waals surface area contributed by atoms with E-state index in [9.17, 15) is 9.18 Å². The van der Waals surface area contributed by atoms with E-state index in [-0.39, 0.29) is 11.6 Å². The number of furan rings is 1. The van der Waals surface area contributed by atoms with E-state index in [1.165, 1.54) is 12.1 Å². The molecule has 2 aromatic carbocycles. The molecule has 1 aliphatic rings. The van der Waals surface area contributed by atoms with Crippen LogP contribution in [0.1, 0.15) is 33.9 Å². The standard InChI is InChI=1S/C25H19FN2O3/c1-30-19-10-11-20(21(14-19)16-6-8-17(26)9-7-16)25(29)24-23(22-5-3-13-31-22)27-15-18-4-2-12-28(18)24/h2-15,23-24H,1H3/t23-,24+/m1/s1. The van der Waals surface area contributed by atoms with Crippen molar-refractivity contribution >= 4 is 12.0 Å². The zero-order valence-corrected chi connectivity index (χ0v) is 16.7. The van der Waals surface area contributed by atoms with Crippen molar-refractivity contribution < 1.29 is 18.3 Å². The first kappa shape index (κ1) is 19.1. The average molecular weight is 414 g/mol. The van der Waals surface area contributed by atoms with Crippen LogP contribution in [0.2, 0.25) is 0 Å². The quantitative estimate of drug-likeness (QED) is 0.406. The Morgan fingerprint density at radius 2 is 1.94 bits per heavy atom. The summed E-state index contributed by atoms with van der Waals surface area (Å²) >= 11 is 0. The molecule has 0 saturated heterocycles. The number of methoxy groups -OCH3 is 1. The number of hydrogen-bond donors (Lipinski definition) is 0. The highest BCUT2D eigenvalue weighted by Crippen LogP contribution is 2.39. The predicted molar refractivity (Wildman–Crippen MR) is 115 cm³/mol. The van der Waals surface area contributed by atoms with Crippen molar-refractivity contribution in [2.75, 3.05) is 7.11 Å². The van der Waals surface area contributed by atoms with Gasteiger partial charge in [0.1, 0.15) is 29.4 Å². The van der Waals surface area contributed by atoms with Crippen LogP contribution in [0.25, 0.3) is 11.1 Å². The molecule has 3 heterocycles. The molecule has 4 aromatic rings. The maximum absolute atomic E-state index is 14.0. The molecule has 2 atom stereocenters. The Morgan fingerprint density at radius 1 is 1.10 bits per heavy atom. The molecule has 2 aromatic heterocycles. The number of Topliss-reactive ketones (excluding diaryl/α,β-unsaturated/α-hetero) is 1. The van der Waals surface area contributed by atoms with Crippen molar-refractivity contribution in [2.45, 2.75) is 12.1 Å². The lowest BCUT2D eigenvalue weighted by molar-refractivity contribution is 0.0899. The molecule has 6 heteroatoms. The number of aromatic nitrogens is 1. The zero-order valence-electron chi connectivity index (χ0n) is 16.7. The predicted octanol–water partition coefficient (Wildman–Crippen LogP) is 5.49. The fraction of sp³-hybridized carbons (Fsp3) is 0.120. The molecule has 5 nitrogen and oxygen atoms in total. The van der Waals surface area contributed by atoms with E-state index in [2.05, 4.69) is 4.99 Å². The maximum Gasteiger partial charge on any atom is 0.188 e. The first-order valence-electron chi connectivity index (χ1n) is 9.87. The van der Waals surface area contributed by atoms with E-state index in [4.69, 9.17) is 9.15 Å². The number of ether oxygens (including phenoxy) is 1. The minimum atomic E-state index is -0.617. The highest BCUT2D eigenvalue weighted by atomic mass is 19.1. The highest BCUT2D eigenvalue weighted by molar-refractivity contribution is 6.06. The Balaban J connectivity index is 1.65.